The van der Waals surface area contributed by atoms with Crippen molar-refractivity contribution in [2.45, 2.75) is 19.9 Å². The molecule has 18 heavy (non-hydrogen) atoms. The number of rotatable bonds is 2. The minimum absolute atomic E-state index is 0.651. The van der Waals surface area contributed by atoms with Crippen LogP contribution in [0.3, 0.4) is 0 Å². The number of pyridine rings is 1. The third-order valence-corrected chi connectivity index (χ3v) is 3.45. The van der Waals surface area contributed by atoms with E-state index < -0.39 is 0 Å². The fourth-order valence-electron chi connectivity index (χ4n) is 2.41. The number of hydrogen-bond donors (Lipinski definition) is 1. The Hall–Kier alpha value is -1.32. The molecule has 1 aliphatic rings. The summed E-state index contributed by atoms with van der Waals surface area (Å²) in [7, 11) is 0. The van der Waals surface area contributed by atoms with Crippen molar-refractivity contribution in [2.24, 2.45) is 0 Å². The molecule has 3 nitrogen and oxygen atoms in total. The molecule has 1 aromatic carbocycles. The summed E-state index contributed by atoms with van der Waals surface area (Å²) in [5, 5.41) is 5.09. The van der Waals surface area contributed by atoms with E-state index in [1.165, 1.54) is 5.56 Å². The fourth-order valence-corrected chi connectivity index (χ4v) is 2.58. The molecule has 1 aromatic heterocycles. The van der Waals surface area contributed by atoms with Crippen molar-refractivity contribution in [3.63, 3.8) is 0 Å². The van der Waals surface area contributed by atoms with Crippen molar-refractivity contribution in [3.8, 4) is 5.75 Å². The first-order valence-corrected chi connectivity index (χ1v) is 6.62. The van der Waals surface area contributed by atoms with E-state index in [-0.39, 0.29) is 0 Å². The normalized spacial score (nSPS) is 14.6. The van der Waals surface area contributed by atoms with Gasteiger partial charge in [0.05, 0.1) is 17.8 Å². The fraction of sp³-hybridized carbons (Fsp3) is 0.357. The SMILES string of the molecule is CCOc1c2c(nc3ccc(Cl)cc13)CCNC2. The lowest BCUT2D eigenvalue weighted by atomic mass is 10.0. The van der Waals surface area contributed by atoms with Crippen LogP contribution < -0.4 is 10.1 Å². The Labute approximate surface area is 111 Å². The van der Waals surface area contributed by atoms with E-state index in [1.807, 2.05) is 25.1 Å². The first-order chi connectivity index (χ1) is 8.79. The quantitative estimate of drug-likeness (QED) is 0.904. The second-order valence-corrected chi connectivity index (χ2v) is 4.82. The van der Waals surface area contributed by atoms with Crippen molar-refractivity contribution < 1.29 is 4.74 Å². The van der Waals surface area contributed by atoms with Crippen LogP contribution >= 0.6 is 11.6 Å². The summed E-state index contributed by atoms with van der Waals surface area (Å²) in [6.07, 6.45) is 0.952. The van der Waals surface area contributed by atoms with Crippen LogP contribution in [0.1, 0.15) is 18.2 Å². The maximum absolute atomic E-state index is 6.08. The molecule has 0 atom stereocenters. The zero-order valence-electron chi connectivity index (χ0n) is 10.3. The molecular weight excluding hydrogens is 248 g/mol. The van der Waals surface area contributed by atoms with Gasteiger partial charge in [0.1, 0.15) is 5.75 Å². The minimum atomic E-state index is 0.651. The summed E-state index contributed by atoms with van der Waals surface area (Å²) in [6, 6.07) is 5.77. The van der Waals surface area contributed by atoms with Gasteiger partial charge in [-0.1, -0.05) is 11.6 Å². The van der Waals surface area contributed by atoms with Crippen LogP contribution in [0, 0.1) is 0 Å². The lowest BCUT2D eigenvalue weighted by molar-refractivity contribution is 0.337. The average molecular weight is 263 g/mol. The number of nitrogens with one attached hydrogen (secondary N) is 1. The average Bonchev–Trinajstić information content (AvgIpc) is 2.39. The summed E-state index contributed by atoms with van der Waals surface area (Å²) in [5.74, 6) is 0.937. The number of benzene rings is 1. The Bertz CT molecular complexity index is 598. The van der Waals surface area contributed by atoms with Gasteiger partial charge in [0.25, 0.3) is 0 Å². The molecule has 0 bridgehead atoms. The second kappa shape index (κ2) is 4.75. The van der Waals surface area contributed by atoms with Crippen LogP contribution in [0.4, 0.5) is 0 Å². The zero-order chi connectivity index (χ0) is 12.5. The molecule has 0 saturated carbocycles. The molecular formula is C14H15ClN2O. The molecule has 94 valence electrons. The number of nitrogens with zero attached hydrogens (tertiary/aromatic N) is 1. The number of fused-ring (bicyclic) bond motifs is 2. The molecule has 0 amide bonds. The lowest BCUT2D eigenvalue weighted by Gasteiger charge is -2.21. The lowest BCUT2D eigenvalue weighted by Crippen LogP contribution is -2.25. The molecule has 0 fully saturated rings. The van der Waals surface area contributed by atoms with E-state index >= 15 is 0 Å². The molecule has 0 radical (unpaired) electrons. The number of aromatic nitrogens is 1. The van der Waals surface area contributed by atoms with Crippen molar-refractivity contribution in [2.75, 3.05) is 13.2 Å². The highest BCUT2D eigenvalue weighted by Crippen LogP contribution is 2.33. The first-order valence-electron chi connectivity index (χ1n) is 6.24. The van der Waals surface area contributed by atoms with E-state index in [2.05, 4.69) is 5.32 Å². The van der Waals surface area contributed by atoms with Gasteiger partial charge in [0, 0.05) is 35.5 Å². The predicted octanol–water partition coefficient (Wildman–Crippen LogP) is 2.93. The van der Waals surface area contributed by atoms with Gasteiger partial charge in [-0.3, -0.25) is 4.98 Å². The van der Waals surface area contributed by atoms with Crippen molar-refractivity contribution in [3.05, 3.63) is 34.5 Å². The van der Waals surface area contributed by atoms with Gasteiger partial charge >= 0.3 is 0 Å². The highest BCUT2D eigenvalue weighted by atomic mass is 35.5. The van der Waals surface area contributed by atoms with Crippen LogP contribution in [0.2, 0.25) is 5.02 Å². The Morgan fingerprint density at radius 3 is 3.17 bits per heavy atom. The number of halogens is 1. The molecule has 2 aromatic rings. The summed E-state index contributed by atoms with van der Waals surface area (Å²) in [5.41, 5.74) is 3.29. The van der Waals surface area contributed by atoms with E-state index in [0.717, 1.165) is 41.9 Å². The van der Waals surface area contributed by atoms with Gasteiger partial charge in [0.2, 0.25) is 0 Å². The Morgan fingerprint density at radius 2 is 2.33 bits per heavy atom. The van der Waals surface area contributed by atoms with Gasteiger partial charge in [-0.2, -0.15) is 0 Å². The maximum atomic E-state index is 6.08. The van der Waals surface area contributed by atoms with E-state index in [1.54, 1.807) is 0 Å². The topological polar surface area (TPSA) is 34.1 Å². The van der Waals surface area contributed by atoms with Gasteiger partial charge in [-0.15, -0.1) is 0 Å². The Kier molecular flexibility index (Phi) is 3.10. The maximum Gasteiger partial charge on any atom is 0.135 e. The van der Waals surface area contributed by atoms with Gasteiger partial charge in [-0.05, 0) is 25.1 Å². The predicted molar refractivity (Wildman–Crippen MR) is 73.3 cm³/mol. The largest absolute Gasteiger partial charge is 0.493 e. The zero-order valence-corrected chi connectivity index (χ0v) is 11.0. The molecule has 3 rings (SSSR count). The Morgan fingerprint density at radius 1 is 1.44 bits per heavy atom. The van der Waals surface area contributed by atoms with E-state index in [9.17, 15) is 0 Å². The van der Waals surface area contributed by atoms with Crippen molar-refractivity contribution in [1.29, 1.82) is 0 Å². The summed E-state index contributed by atoms with van der Waals surface area (Å²) >= 11 is 6.08. The molecule has 4 heteroatoms. The van der Waals surface area contributed by atoms with Gasteiger partial charge < -0.3 is 10.1 Å². The van der Waals surface area contributed by atoms with Crippen LogP contribution in [-0.2, 0) is 13.0 Å². The molecule has 0 unspecified atom stereocenters. The summed E-state index contributed by atoms with van der Waals surface area (Å²) < 4.78 is 5.83. The summed E-state index contributed by atoms with van der Waals surface area (Å²) in [4.78, 5) is 4.72. The molecule has 0 spiro atoms. The van der Waals surface area contributed by atoms with Crippen LogP contribution in [0.5, 0.6) is 5.75 Å². The smallest absolute Gasteiger partial charge is 0.135 e. The van der Waals surface area contributed by atoms with Crippen LogP contribution in [0.15, 0.2) is 18.2 Å². The molecule has 0 saturated heterocycles. The van der Waals surface area contributed by atoms with E-state index in [0.29, 0.717) is 11.6 Å². The van der Waals surface area contributed by atoms with E-state index in [4.69, 9.17) is 21.3 Å². The highest BCUT2D eigenvalue weighted by Gasteiger charge is 2.18. The first kappa shape index (κ1) is 11.8. The van der Waals surface area contributed by atoms with Gasteiger partial charge in [0.15, 0.2) is 0 Å². The monoisotopic (exact) mass is 262 g/mol. The second-order valence-electron chi connectivity index (χ2n) is 4.39. The number of hydrogen-bond acceptors (Lipinski definition) is 3. The molecule has 2 heterocycles. The standard InChI is InChI=1S/C14H15ClN2O/c1-2-18-14-10-7-9(15)3-4-12(10)17-13-5-6-16-8-11(13)14/h3-4,7,16H,2,5-6,8H2,1H3. The molecule has 1 N–H and O–H groups in total. The third-order valence-electron chi connectivity index (χ3n) is 3.21. The van der Waals surface area contributed by atoms with Crippen molar-refractivity contribution in [1.82, 2.24) is 10.3 Å². The van der Waals surface area contributed by atoms with Crippen LogP contribution in [-0.4, -0.2) is 18.1 Å². The molecule has 0 aliphatic carbocycles. The van der Waals surface area contributed by atoms with Gasteiger partial charge in [-0.25, -0.2) is 0 Å². The van der Waals surface area contributed by atoms with Crippen LogP contribution in [0.25, 0.3) is 10.9 Å². The Balaban J connectivity index is 2.30. The number of ether oxygens (including phenoxy) is 1. The third kappa shape index (κ3) is 1.93. The summed E-state index contributed by atoms with van der Waals surface area (Å²) in [6.45, 7) is 4.45. The molecule has 1 aliphatic heterocycles. The highest BCUT2D eigenvalue weighted by molar-refractivity contribution is 6.31. The van der Waals surface area contributed by atoms with Crippen molar-refractivity contribution >= 4 is 22.5 Å². The minimum Gasteiger partial charge on any atom is -0.493 e.